The Kier molecular flexibility index (Phi) is 7.26. The van der Waals surface area contributed by atoms with Gasteiger partial charge in [-0.1, -0.05) is 23.2 Å². The van der Waals surface area contributed by atoms with E-state index in [4.69, 9.17) is 27.6 Å². The molecule has 168 valence electrons. The van der Waals surface area contributed by atoms with Crippen molar-refractivity contribution in [3.63, 3.8) is 0 Å². The number of hydrogen-bond donors (Lipinski definition) is 1. The minimum Gasteiger partial charge on any atom is -0.454 e. The Balaban J connectivity index is 1.58. The van der Waals surface area contributed by atoms with E-state index in [1.807, 2.05) is 0 Å². The van der Waals surface area contributed by atoms with Crippen LogP contribution in [0.4, 0.5) is 17.6 Å². The van der Waals surface area contributed by atoms with E-state index in [1.165, 1.54) is 12.1 Å². The van der Waals surface area contributed by atoms with Crippen molar-refractivity contribution >= 4 is 29.1 Å². The Morgan fingerprint density at radius 1 is 1.19 bits per heavy atom. The van der Waals surface area contributed by atoms with E-state index in [0.717, 1.165) is 0 Å². The minimum atomic E-state index is -3.11. The highest BCUT2D eigenvalue weighted by molar-refractivity contribution is 6.32. The lowest BCUT2D eigenvalue weighted by molar-refractivity contribution is 0.0922. The summed E-state index contributed by atoms with van der Waals surface area (Å²) in [5.41, 5.74) is -1.06. The van der Waals surface area contributed by atoms with Crippen LogP contribution in [0.2, 0.25) is 10.0 Å². The Morgan fingerprint density at radius 3 is 2.55 bits per heavy atom. The van der Waals surface area contributed by atoms with Gasteiger partial charge in [-0.15, -0.1) is 0 Å². The summed E-state index contributed by atoms with van der Waals surface area (Å²) in [6.45, 7) is 2.26. The highest BCUT2D eigenvalue weighted by Crippen LogP contribution is 2.35. The number of furan rings is 1. The van der Waals surface area contributed by atoms with Gasteiger partial charge in [-0.3, -0.25) is 14.2 Å². The summed E-state index contributed by atoms with van der Waals surface area (Å²) < 4.78 is 59.9. The Bertz CT molecular complexity index is 1040. The number of amides is 1. The molecule has 0 spiro atoms. The van der Waals surface area contributed by atoms with Gasteiger partial charge < -0.3 is 9.73 Å². The minimum absolute atomic E-state index is 0.0566. The van der Waals surface area contributed by atoms with Gasteiger partial charge in [0.1, 0.15) is 17.1 Å². The first kappa shape index (κ1) is 23.1. The van der Waals surface area contributed by atoms with Crippen LogP contribution in [-0.4, -0.2) is 32.0 Å². The lowest BCUT2D eigenvalue weighted by Crippen LogP contribution is -2.24. The molecule has 1 amide bonds. The van der Waals surface area contributed by atoms with E-state index in [2.05, 4.69) is 15.5 Å². The van der Waals surface area contributed by atoms with Crippen molar-refractivity contribution in [2.24, 2.45) is 0 Å². The molecule has 0 fully saturated rings. The summed E-state index contributed by atoms with van der Waals surface area (Å²) >= 11 is 11.5. The van der Waals surface area contributed by atoms with Crippen LogP contribution in [0.1, 0.15) is 52.7 Å². The molecule has 0 aromatic carbocycles. The average molecular weight is 482 g/mol. The maximum atomic E-state index is 13.2. The van der Waals surface area contributed by atoms with Crippen molar-refractivity contribution in [2.45, 2.75) is 39.3 Å². The summed E-state index contributed by atoms with van der Waals surface area (Å²) in [7, 11) is 0. The predicted octanol–water partition coefficient (Wildman–Crippen LogP) is 5.03. The summed E-state index contributed by atoms with van der Waals surface area (Å²) in [6, 6.07) is 2.72. The zero-order chi connectivity index (χ0) is 22.7. The molecule has 0 saturated carbocycles. The largest absolute Gasteiger partial charge is 0.454 e. The van der Waals surface area contributed by atoms with Crippen LogP contribution in [0.5, 0.6) is 0 Å². The summed E-state index contributed by atoms with van der Waals surface area (Å²) in [4.78, 5) is 12.2. The van der Waals surface area contributed by atoms with Gasteiger partial charge in [0.15, 0.2) is 5.76 Å². The molecule has 0 aliphatic heterocycles. The topological polar surface area (TPSA) is 77.9 Å². The third kappa shape index (κ3) is 5.40. The summed E-state index contributed by atoms with van der Waals surface area (Å²) in [6.07, 6.45) is -3.95. The molecule has 3 rings (SSSR count). The van der Waals surface area contributed by atoms with Crippen LogP contribution in [-0.2, 0) is 13.1 Å². The molecule has 31 heavy (non-hydrogen) atoms. The zero-order valence-corrected chi connectivity index (χ0v) is 17.6. The number of alkyl halides is 4. The van der Waals surface area contributed by atoms with Gasteiger partial charge in [-0.2, -0.15) is 10.2 Å². The van der Waals surface area contributed by atoms with E-state index in [9.17, 15) is 22.4 Å². The van der Waals surface area contributed by atoms with Crippen LogP contribution < -0.4 is 5.32 Å². The molecule has 0 saturated heterocycles. The van der Waals surface area contributed by atoms with Gasteiger partial charge >= 0.3 is 0 Å². The number of aryl methyl sites for hydroxylation is 2. The first-order valence-electron chi connectivity index (χ1n) is 9.06. The molecule has 0 radical (unpaired) electrons. The lowest BCUT2D eigenvalue weighted by Gasteiger charge is -2.05. The molecule has 3 aromatic rings. The van der Waals surface area contributed by atoms with E-state index >= 15 is 0 Å². The number of halogens is 6. The van der Waals surface area contributed by atoms with Crippen molar-refractivity contribution in [1.29, 1.82) is 0 Å². The molecule has 3 aromatic heterocycles. The fourth-order valence-corrected chi connectivity index (χ4v) is 3.26. The molecule has 0 aliphatic rings. The van der Waals surface area contributed by atoms with Gasteiger partial charge in [0.2, 0.25) is 0 Å². The average Bonchev–Trinajstić information content (AvgIpc) is 3.37. The first-order valence-corrected chi connectivity index (χ1v) is 9.81. The van der Waals surface area contributed by atoms with Gasteiger partial charge in [0.05, 0.1) is 22.3 Å². The lowest BCUT2D eigenvalue weighted by atomic mass is 10.3. The van der Waals surface area contributed by atoms with Crippen molar-refractivity contribution in [1.82, 2.24) is 24.9 Å². The fraction of sp³-hybridized carbons (Fsp3) is 0.389. The number of carbonyl (C=O) groups is 1. The van der Waals surface area contributed by atoms with Crippen LogP contribution in [0.3, 0.4) is 0 Å². The van der Waals surface area contributed by atoms with E-state index in [-0.39, 0.29) is 11.5 Å². The molecule has 0 atom stereocenters. The highest BCUT2D eigenvalue weighted by Gasteiger charge is 2.28. The maximum absolute atomic E-state index is 13.2. The quantitative estimate of drug-likeness (QED) is 0.343. The molecular formula is C18H17Cl2F4N5O2. The second kappa shape index (κ2) is 9.73. The van der Waals surface area contributed by atoms with Crippen LogP contribution in [0.25, 0.3) is 0 Å². The molecular weight excluding hydrogens is 465 g/mol. The van der Waals surface area contributed by atoms with Gasteiger partial charge in [-0.25, -0.2) is 17.6 Å². The van der Waals surface area contributed by atoms with Crippen LogP contribution in [0, 0.1) is 6.92 Å². The fourth-order valence-electron chi connectivity index (χ4n) is 2.81. The number of carbonyl (C=O) groups excluding carboxylic acids is 1. The van der Waals surface area contributed by atoms with Crippen LogP contribution in [0.15, 0.2) is 22.7 Å². The van der Waals surface area contributed by atoms with Gasteiger partial charge in [0, 0.05) is 19.3 Å². The van der Waals surface area contributed by atoms with Crippen molar-refractivity contribution in [3.05, 3.63) is 57.0 Å². The first-order chi connectivity index (χ1) is 14.7. The molecule has 3 heterocycles. The van der Waals surface area contributed by atoms with Gasteiger partial charge in [-0.05, 0) is 25.5 Å². The smallest absolute Gasteiger partial charge is 0.286 e. The maximum Gasteiger partial charge on any atom is 0.286 e. The Hall–Kier alpha value is -2.53. The number of rotatable bonds is 9. The van der Waals surface area contributed by atoms with Crippen LogP contribution >= 0.6 is 23.2 Å². The Labute approximate surface area is 183 Å². The van der Waals surface area contributed by atoms with Gasteiger partial charge in [0.25, 0.3) is 18.8 Å². The monoisotopic (exact) mass is 481 g/mol. The molecule has 1 N–H and O–H groups in total. The second-order valence-electron chi connectivity index (χ2n) is 6.54. The third-order valence-electron chi connectivity index (χ3n) is 4.30. The zero-order valence-electron chi connectivity index (χ0n) is 16.1. The summed E-state index contributed by atoms with van der Waals surface area (Å²) in [5, 5.41) is 10.1. The SMILES string of the molecule is Cc1nn(CCCNC(=O)c2ccc(Cn3nc(C(F)F)c(Cl)c3C(F)F)o2)cc1Cl. The van der Waals surface area contributed by atoms with E-state index < -0.39 is 41.7 Å². The third-order valence-corrected chi connectivity index (χ3v) is 5.06. The number of nitrogens with one attached hydrogen (secondary N) is 1. The van der Waals surface area contributed by atoms with Crippen molar-refractivity contribution < 1.29 is 26.8 Å². The van der Waals surface area contributed by atoms with E-state index in [1.54, 1.807) is 17.8 Å². The molecule has 7 nitrogen and oxygen atoms in total. The van der Waals surface area contributed by atoms with Crippen molar-refractivity contribution in [3.8, 4) is 0 Å². The molecule has 0 aliphatic carbocycles. The number of hydrogen-bond acceptors (Lipinski definition) is 4. The second-order valence-corrected chi connectivity index (χ2v) is 7.33. The molecule has 0 bridgehead atoms. The summed E-state index contributed by atoms with van der Waals surface area (Å²) in [5.74, 6) is -0.491. The molecule has 0 unspecified atom stereocenters. The highest BCUT2D eigenvalue weighted by atomic mass is 35.5. The molecule has 13 heteroatoms. The van der Waals surface area contributed by atoms with E-state index in [0.29, 0.717) is 34.9 Å². The number of aromatic nitrogens is 4. The van der Waals surface area contributed by atoms with Crippen molar-refractivity contribution in [2.75, 3.05) is 6.54 Å². The standard InChI is InChI=1S/C18H17Cl2F4N5O2/c1-9-11(19)8-28(26-9)6-2-5-25-18(30)12-4-3-10(31-12)7-29-15(17(23)24)13(20)14(27-29)16(21)22/h3-4,8,16-17H,2,5-7H2,1H3,(H,25,30). The number of nitrogens with zero attached hydrogens (tertiary/aromatic N) is 4. The Morgan fingerprint density at radius 2 is 1.94 bits per heavy atom. The normalized spacial score (nSPS) is 11.6. The predicted molar refractivity (Wildman–Crippen MR) is 104 cm³/mol.